The van der Waals surface area contributed by atoms with E-state index in [0.717, 1.165) is 0 Å². The minimum absolute atomic E-state index is 0. The SMILES string of the molecule is Brc1cc2c3c(c1)=CC1SC=[C]([Zr+2][C]4=CSC5C=c6c(c(Br)ccc6=C45)S2)C=31.[Cl-].[Cl-]. The molecule has 2 aromatic rings. The average molecular weight is 692 g/mol. The molecule has 2 unspecified atom stereocenters. The van der Waals surface area contributed by atoms with Crippen LogP contribution < -0.4 is 45.7 Å². The molecule has 3 heterocycles. The first-order chi connectivity index (χ1) is 13.7. The Kier molecular flexibility index (Phi) is 6.25. The molecule has 2 aromatic carbocycles. The van der Waals surface area contributed by atoms with Gasteiger partial charge in [0.15, 0.2) is 0 Å². The Morgan fingerprint density at radius 1 is 0.867 bits per heavy atom. The first-order valence-electron chi connectivity index (χ1n) is 8.94. The van der Waals surface area contributed by atoms with E-state index in [1.807, 2.05) is 35.3 Å². The normalized spacial score (nSPS) is 22.9. The van der Waals surface area contributed by atoms with E-state index in [9.17, 15) is 0 Å². The summed E-state index contributed by atoms with van der Waals surface area (Å²) < 4.78 is 5.74. The van der Waals surface area contributed by atoms with Crippen molar-refractivity contribution < 1.29 is 48.0 Å². The van der Waals surface area contributed by atoms with E-state index >= 15 is 0 Å². The molecule has 0 fully saturated rings. The summed E-state index contributed by atoms with van der Waals surface area (Å²) in [6.07, 6.45) is 4.98. The molecule has 0 spiro atoms. The predicted molar refractivity (Wildman–Crippen MR) is 126 cm³/mol. The van der Waals surface area contributed by atoms with Gasteiger partial charge in [-0.2, -0.15) is 0 Å². The van der Waals surface area contributed by atoms with Crippen molar-refractivity contribution in [3.05, 3.63) is 71.5 Å². The maximum Gasteiger partial charge on any atom is -1.00 e. The monoisotopic (exact) mass is 688 g/mol. The van der Waals surface area contributed by atoms with Crippen LogP contribution in [0.5, 0.6) is 0 Å². The van der Waals surface area contributed by atoms with Gasteiger partial charge in [0.2, 0.25) is 0 Å². The van der Waals surface area contributed by atoms with Crippen LogP contribution in [0.4, 0.5) is 0 Å². The third kappa shape index (κ3) is 3.19. The maximum atomic E-state index is 3.87. The summed E-state index contributed by atoms with van der Waals surface area (Å²) in [6.45, 7) is 0. The zero-order chi connectivity index (χ0) is 18.6. The second-order valence-corrected chi connectivity index (χ2v) is 15.4. The van der Waals surface area contributed by atoms with Gasteiger partial charge in [-0.1, -0.05) is 0 Å². The zero-order valence-electron chi connectivity index (χ0n) is 15.0. The van der Waals surface area contributed by atoms with Crippen molar-refractivity contribution >= 4 is 90.4 Å². The molecule has 0 radical (unpaired) electrons. The van der Waals surface area contributed by atoms with Crippen LogP contribution in [0.1, 0.15) is 0 Å². The summed E-state index contributed by atoms with van der Waals surface area (Å²) in [6, 6.07) is 9.22. The summed E-state index contributed by atoms with van der Waals surface area (Å²) >= 11 is 12.8. The second-order valence-electron chi connectivity index (χ2n) is 7.27. The molecule has 30 heavy (non-hydrogen) atoms. The Morgan fingerprint density at radius 3 is 2.40 bits per heavy atom. The van der Waals surface area contributed by atoms with Crippen LogP contribution in [-0.2, 0) is 23.2 Å². The Labute approximate surface area is 227 Å². The van der Waals surface area contributed by atoms with Gasteiger partial charge in [0.05, 0.1) is 0 Å². The van der Waals surface area contributed by atoms with Gasteiger partial charge in [0.1, 0.15) is 0 Å². The van der Waals surface area contributed by atoms with Gasteiger partial charge in [0, 0.05) is 0 Å². The van der Waals surface area contributed by atoms with E-state index in [4.69, 9.17) is 0 Å². The summed E-state index contributed by atoms with van der Waals surface area (Å²) in [4.78, 5) is 2.75. The van der Waals surface area contributed by atoms with Crippen molar-refractivity contribution in [1.29, 1.82) is 0 Å². The fraction of sp³-hybridized carbons (Fsp3) is 0.0909. The van der Waals surface area contributed by atoms with E-state index in [-0.39, 0.29) is 24.8 Å². The summed E-state index contributed by atoms with van der Waals surface area (Å²) in [5, 5.41) is 11.8. The van der Waals surface area contributed by atoms with Gasteiger partial charge in [-0.15, -0.1) is 0 Å². The first kappa shape index (κ1) is 22.7. The van der Waals surface area contributed by atoms with Crippen LogP contribution >= 0.6 is 67.1 Å². The third-order valence-corrected chi connectivity index (χ3v) is 14.8. The Bertz CT molecular complexity index is 1460. The molecule has 0 nitrogen and oxygen atoms in total. The Hall–Kier alpha value is 0.873. The smallest absolute Gasteiger partial charge is 1.00 e. The number of thioether (sulfide) groups is 2. The van der Waals surface area contributed by atoms with E-state index in [2.05, 4.69) is 79.1 Å². The van der Waals surface area contributed by atoms with Crippen molar-refractivity contribution in [3.8, 4) is 0 Å². The number of halogens is 4. The minimum Gasteiger partial charge on any atom is -1.00 e. The molecule has 5 aliphatic rings. The van der Waals surface area contributed by atoms with Crippen molar-refractivity contribution in [2.24, 2.45) is 0 Å². The molecule has 0 N–H and O–H groups in total. The van der Waals surface area contributed by atoms with Gasteiger partial charge in [-0.3, -0.25) is 0 Å². The molecule has 8 heteroatoms. The van der Waals surface area contributed by atoms with Crippen molar-refractivity contribution in [2.45, 2.75) is 20.3 Å². The molecule has 2 atom stereocenters. The number of hydrogen-bond acceptors (Lipinski definition) is 3. The van der Waals surface area contributed by atoms with E-state index in [1.165, 1.54) is 39.6 Å². The van der Waals surface area contributed by atoms with E-state index in [1.54, 1.807) is 17.7 Å². The molecular weight excluding hydrogens is 682 g/mol. The molecule has 2 aliphatic carbocycles. The third-order valence-electron chi connectivity index (χ3n) is 5.75. The molecule has 7 rings (SSSR count). The zero-order valence-corrected chi connectivity index (χ0v) is 24.6. The molecule has 0 amide bonds. The fourth-order valence-electron chi connectivity index (χ4n) is 4.62. The van der Waals surface area contributed by atoms with Gasteiger partial charge < -0.3 is 24.8 Å². The number of allylic oxidation sites excluding steroid dienone is 2. The topological polar surface area (TPSA) is 0 Å². The number of hydrogen-bond donors (Lipinski definition) is 0. The number of rotatable bonds is 0. The van der Waals surface area contributed by atoms with Crippen LogP contribution in [0.3, 0.4) is 0 Å². The van der Waals surface area contributed by atoms with Gasteiger partial charge in [-0.25, -0.2) is 0 Å². The molecule has 0 saturated heterocycles. The van der Waals surface area contributed by atoms with Gasteiger partial charge in [-0.05, 0) is 0 Å². The maximum absolute atomic E-state index is 3.87. The van der Waals surface area contributed by atoms with Crippen LogP contribution in [0.15, 0.2) is 60.4 Å². The molecule has 4 bridgehead atoms. The quantitative estimate of drug-likeness (QED) is 0.323. The fourth-order valence-corrected chi connectivity index (χ4v) is 14.3. The molecule has 3 aliphatic heterocycles. The van der Waals surface area contributed by atoms with E-state index < -0.39 is 23.2 Å². The molecular formula is C22H10Br2Cl2S3Zr. The van der Waals surface area contributed by atoms with Crippen LogP contribution in [0.2, 0.25) is 0 Å². The van der Waals surface area contributed by atoms with Gasteiger partial charge >= 0.3 is 205 Å². The second kappa shape index (κ2) is 8.27. The van der Waals surface area contributed by atoms with Crippen LogP contribution in [0, 0.1) is 0 Å². The summed E-state index contributed by atoms with van der Waals surface area (Å²) in [7, 11) is 0. The van der Waals surface area contributed by atoms with Crippen LogP contribution in [0.25, 0.3) is 23.3 Å². The predicted octanol–water partition coefficient (Wildman–Crippen LogP) is -1.73. The summed E-state index contributed by atoms with van der Waals surface area (Å²) in [5.74, 6) is 0. The largest absolute Gasteiger partial charge is 1.00 e. The van der Waals surface area contributed by atoms with Crippen molar-refractivity contribution in [2.75, 3.05) is 0 Å². The van der Waals surface area contributed by atoms with Gasteiger partial charge in [0.25, 0.3) is 0 Å². The Morgan fingerprint density at radius 2 is 1.60 bits per heavy atom. The molecule has 0 saturated carbocycles. The standard InChI is InChI=1S/C22H10Br2S3.2ClH.Zr/c23-12-7-11-8-18-15(4-6-25-18)21(11)20(9-12)27-22-16-10-19-14(3-5-26-19)13(16)1-2-17(22)24;;;/h1-2,5-10,18-19H;2*1H;/q;;;+2/p-2. The minimum atomic E-state index is -0.838. The van der Waals surface area contributed by atoms with E-state index in [0.29, 0.717) is 10.5 Å². The van der Waals surface area contributed by atoms with Crippen molar-refractivity contribution in [3.63, 3.8) is 0 Å². The average Bonchev–Trinajstić information content (AvgIpc) is 3.38. The first-order valence-corrected chi connectivity index (χ1v) is 15.7. The summed E-state index contributed by atoms with van der Waals surface area (Å²) in [5.41, 5.74) is 3.23. The molecule has 148 valence electrons. The van der Waals surface area contributed by atoms with Crippen molar-refractivity contribution in [1.82, 2.24) is 0 Å². The Balaban J connectivity index is 0.000000963. The number of benzene rings is 2. The molecule has 0 aromatic heterocycles. The van der Waals surface area contributed by atoms with Crippen LogP contribution in [-0.4, -0.2) is 10.5 Å².